The van der Waals surface area contributed by atoms with E-state index in [-0.39, 0.29) is 12.1 Å². The molecule has 1 rings (SSSR count). The van der Waals surface area contributed by atoms with Crippen molar-refractivity contribution >= 4 is 6.09 Å². The molecular weight excluding hydrogens is 240 g/mol. The Morgan fingerprint density at radius 3 is 2.47 bits per heavy atom. The normalized spacial score (nSPS) is 24.3. The van der Waals surface area contributed by atoms with Crippen LogP contribution in [0, 0.1) is 5.92 Å². The third-order valence-corrected chi connectivity index (χ3v) is 3.21. The number of carbonyl (C=O) groups is 1. The van der Waals surface area contributed by atoms with Gasteiger partial charge in [0.25, 0.3) is 0 Å². The van der Waals surface area contributed by atoms with Crippen LogP contribution < -0.4 is 10.6 Å². The van der Waals surface area contributed by atoms with Crippen LogP contribution in [0.3, 0.4) is 0 Å². The lowest BCUT2D eigenvalue weighted by Crippen LogP contribution is -2.46. The van der Waals surface area contributed by atoms with E-state index in [9.17, 15) is 4.79 Å². The highest BCUT2D eigenvalue weighted by Gasteiger charge is 2.25. The first-order valence-corrected chi connectivity index (χ1v) is 7.49. The molecule has 112 valence electrons. The van der Waals surface area contributed by atoms with Crippen LogP contribution in [-0.2, 0) is 4.74 Å². The fourth-order valence-electron chi connectivity index (χ4n) is 2.38. The predicted octanol–water partition coefficient (Wildman–Crippen LogP) is 3.07. The summed E-state index contributed by atoms with van der Waals surface area (Å²) in [5, 5.41) is 6.57. The van der Waals surface area contributed by atoms with E-state index in [1.165, 1.54) is 6.42 Å². The molecule has 19 heavy (non-hydrogen) atoms. The van der Waals surface area contributed by atoms with Gasteiger partial charge in [0.05, 0.1) is 0 Å². The summed E-state index contributed by atoms with van der Waals surface area (Å²) >= 11 is 0. The molecule has 2 N–H and O–H groups in total. The van der Waals surface area contributed by atoms with E-state index >= 15 is 0 Å². The van der Waals surface area contributed by atoms with Crippen molar-refractivity contribution in [1.29, 1.82) is 0 Å². The van der Waals surface area contributed by atoms with Crippen molar-refractivity contribution in [2.75, 3.05) is 6.54 Å². The quantitative estimate of drug-likeness (QED) is 0.825. The summed E-state index contributed by atoms with van der Waals surface area (Å²) in [6, 6.07) is 0.768. The molecule has 1 aliphatic rings. The molecule has 1 saturated carbocycles. The smallest absolute Gasteiger partial charge is 0.407 e. The second-order valence-corrected chi connectivity index (χ2v) is 7.01. The van der Waals surface area contributed by atoms with Gasteiger partial charge in [0.15, 0.2) is 0 Å². The second kappa shape index (κ2) is 7.13. The zero-order valence-electron chi connectivity index (χ0n) is 13.1. The maximum atomic E-state index is 11.7. The standard InChI is InChI=1S/C15H30N2O2/c1-11(2)10-16-12-7-6-8-13(9-12)17-14(18)19-15(3,4)5/h11-13,16H,6-10H2,1-5H3,(H,17,18). The molecular formula is C15H30N2O2. The minimum absolute atomic E-state index is 0.244. The Bertz CT molecular complexity index is 284. The molecule has 0 aromatic heterocycles. The van der Waals surface area contributed by atoms with Gasteiger partial charge < -0.3 is 15.4 Å². The van der Waals surface area contributed by atoms with E-state index in [0.29, 0.717) is 12.0 Å². The zero-order valence-corrected chi connectivity index (χ0v) is 13.1. The van der Waals surface area contributed by atoms with Crippen molar-refractivity contribution in [3.8, 4) is 0 Å². The summed E-state index contributed by atoms with van der Waals surface area (Å²) in [5.41, 5.74) is -0.423. The Hall–Kier alpha value is -0.770. The number of amides is 1. The van der Waals surface area contributed by atoms with Crippen LogP contribution in [0.4, 0.5) is 4.79 Å². The van der Waals surface area contributed by atoms with Crippen molar-refractivity contribution in [2.45, 2.75) is 78.0 Å². The van der Waals surface area contributed by atoms with Crippen molar-refractivity contribution in [1.82, 2.24) is 10.6 Å². The molecule has 2 unspecified atom stereocenters. The van der Waals surface area contributed by atoms with E-state index < -0.39 is 5.60 Å². The van der Waals surface area contributed by atoms with Gasteiger partial charge in [-0.15, -0.1) is 0 Å². The Labute approximate surface area is 117 Å². The number of hydrogen-bond donors (Lipinski definition) is 2. The van der Waals surface area contributed by atoms with Gasteiger partial charge in [0.2, 0.25) is 0 Å². The minimum atomic E-state index is -0.423. The van der Waals surface area contributed by atoms with Crippen LogP contribution in [-0.4, -0.2) is 30.3 Å². The first-order valence-electron chi connectivity index (χ1n) is 7.49. The fourth-order valence-corrected chi connectivity index (χ4v) is 2.38. The average molecular weight is 270 g/mol. The molecule has 4 nitrogen and oxygen atoms in total. The SMILES string of the molecule is CC(C)CNC1CCCC(NC(=O)OC(C)(C)C)C1. The zero-order chi connectivity index (χ0) is 14.5. The van der Waals surface area contributed by atoms with Crippen LogP contribution in [0.2, 0.25) is 0 Å². The lowest BCUT2D eigenvalue weighted by molar-refractivity contribution is 0.0488. The highest BCUT2D eigenvalue weighted by Crippen LogP contribution is 2.19. The molecule has 2 atom stereocenters. The van der Waals surface area contributed by atoms with E-state index in [0.717, 1.165) is 25.8 Å². The molecule has 0 radical (unpaired) electrons. The van der Waals surface area contributed by atoms with E-state index in [1.807, 2.05) is 20.8 Å². The van der Waals surface area contributed by atoms with Gasteiger partial charge in [-0.3, -0.25) is 0 Å². The first-order chi connectivity index (χ1) is 8.76. The Balaban J connectivity index is 2.32. The lowest BCUT2D eigenvalue weighted by Gasteiger charge is -2.31. The first kappa shape index (κ1) is 16.3. The van der Waals surface area contributed by atoms with Crippen molar-refractivity contribution < 1.29 is 9.53 Å². The highest BCUT2D eigenvalue weighted by atomic mass is 16.6. The van der Waals surface area contributed by atoms with Gasteiger partial charge in [-0.2, -0.15) is 0 Å². The molecule has 0 saturated heterocycles. The summed E-state index contributed by atoms with van der Waals surface area (Å²) in [5.74, 6) is 0.666. The molecule has 0 aromatic rings. The molecule has 0 spiro atoms. The number of hydrogen-bond acceptors (Lipinski definition) is 3. The molecule has 1 aliphatic carbocycles. The van der Waals surface area contributed by atoms with Crippen LogP contribution in [0.15, 0.2) is 0 Å². The van der Waals surface area contributed by atoms with Crippen LogP contribution in [0.25, 0.3) is 0 Å². The molecule has 1 amide bonds. The van der Waals surface area contributed by atoms with Gasteiger partial charge in [0, 0.05) is 12.1 Å². The average Bonchev–Trinajstić information content (AvgIpc) is 2.24. The molecule has 4 heteroatoms. The van der Waals surface area contributed by atoms with Gasteiger partial charge in [0.1, 0.15) is 5.60 Å². The van der Waals surface area contributed by atoms with Gasteiger partial charge in [-0.1, -0.05) is 13.8 Å². The van der Waals surface area contributed by atoms with Crippen LogP contribution in [0.5, 0.6) is 0 Å². The highest BCUT2D eigenvalue weighted by molar-refractivity contribution is 5.68. The third-order valence-electron chi connectivity index (χ3n) is 3.21. The largest absolute Gasteiger partial charge is 0.444 e. The minimum Gasteiger partial charge on any atom is -0.444 e. The maximum Gasteiger partial charge on any atom is 0.407 e. The maximum absolute atomic E-state index is 11.7. The van der Waals surface area contributed by atoms with Crippen LogP contribution in [0.1, 0.15) is 60.3 Å². The predicted molar refractivity (Wildman–Crippen MR) is 78.3 cm³/mol. The molecule has 0 bridgehead atoms. The van der Waals surface area contributed by atoms with Gasteiger partial charge in [-0.25, -0.2) is 4.79 Å². The van der Waals surface area contributed by atoms with E-state index in [1.54, 1.807) is 0 Å². The number of carbonyl (C=O) groups excluding carboxylic acids is 1. The molecule has 0 aromatic carbocycles. The molecule has 0 heterocycles. The van der Waals surface area contributed by atoms with E-state index in [2.05, 4.69) is 24.5 Å². The topological polar surface area (TPSA) is 50.4 Å². The number of ether oxygens (including phenoxy) is 1. The summed E-state index contributed by atoms with van der Waals surface area (Å²) < 4.78 is 5.30. The van der Waals surface area contributed by atoms with Crippen LogP contribution >= 0.6 is 0 Å². The molecule has 1 fully saturated rings. The number of alkyl carbamates (subject to hydrolysis) is 1. The summed E-state index contributed by atoms with van der Waals surface area (Å²) in [6.07, 6.45) is 4.14. The Morgan fingerprint density at radius 1 is 1.26 bits per heavy atom. The van der Waals surface area contributed by atoms with Gasteiger partial charge >= 0.3 is 6.09 Å². The second-order valence-electron chi connectivity index (χ2n) is 7.01. The number of rotatable bonds is 4. The third kappa shape index (κ3) is 7.41. The van der Waals surface area contributed by atoms with Crippen molar-refractivity contribution in [3.63, 3.8) is 0 Å². The van der Waals surface area contributed by atoms with Gasteiger partial charge in [-0.05, 0) is 58.9 Å². The molecule has 0 aliphatic heterocycles. The Morgan fingerprint density at radius 2 is 1.89 bits per heavy atom. The summed E-state index contributed by atoms with van der Waals surface area (Å²) in [4.78, 5) is 11.7. The van der Waals surface area contributed by atoms with Crippen molar-refractivity contribution in [3.05, 3.63) is 0 Å². The lowest BCUT2D eigenvalue weighted by atomic mass is 9.91. The summed E-state index contributed by atoms with van der Waals surface area (Å²) in [7, 11) is 0. The van der Waals surface area contributed by atoms with E-state index in [4.69, 9.17) is 4.74 Å². The van der Waals surface area contributed by atoms with Crippen molar-refractivity contribution in [2.24, 2.45) is 5.92 Å². The fraction of sp³-hybridized carbons (Fsp3) is 0.933. The summed E-state index contributed by atoms with van der Waals surface area (Å²) in [6.45, 7) is 11.1. The monoisotopic (exact) mass is 270 g/mol. The Kier molecular flexibility index (Phi) is 6.11. The number of nitrogens with one attached hydrogen (secondary N) is 2.